The summed E-state index contributed by atoms with van der Waals surface area (Å²) in [6, 6.07) is 5.72. The fourth-order valence-corrected chi connectivity index (χ4v) is 3.84. The molecule has 0 unspecified atom stereocenters. The van der Waals surface area contributed by atoms with E-state index in [1.165, 1.54) is 25.7 Å². The first kappa shape index (κ1) is 21.1. The number of anilines is 3. The number of hydrazone groups is 1. The maximum Gasteiger partial charge on any atom is 0.250 e. The molecule has 0 radical (unpaired) electrons. The van der Waals surface area contributed by atoms with Gasteiger partial charge in [-0.15, -0.1) is 0 Å². The van der Waals surface area contributed by atoms with E-state index >= 15 is 0 Å². The highest BCUT2D eigenvalue weighted by atomic mass is 16.5. The van der Waals surface area contributed by atoms with Crippen molar-refractivity contribution in [3.8, 4) is 11.5 Å². The molecule has 0 amide bonds. The van der Waals surface area contributed by atoms with Crippen LogP contribution in [0.15, 0.2) is 23.3 Å². The molecule has 1 aromatic heterocycles. The minimum Gasteiger partial charge on any atom is -0.494 e. The first-order chi connectivity index (χ1) is 15.3. The van der Waals surface area contributed by atoms with Crippen molar-refractivity contribution in [2.75, 3.05) is 54.6 Å². The molecule has 2 saturated heterocycles. The van der Waals surface area contributed by atoms with E-state index in [2.05, 4.69) is 30.3 Å². The second-order valence-electron chi connectivity index (χ2n) is 7.58. The van der Waals surface area contributed by atoms with Gasteiger partial charge in [-0.25, -0.2) is 5.43 Å². The van der Waals surface area contributed by atoms with Crippen LogP contribution in [0, 0.1) is 0 Å². The van der Waals surface area contributed by atoms with E-state index in [0.29, 0.717) is 19.2 Å². The average molecular weight is 426 g/mol. The minimum absolute atomic E-state index is 0.457. The Morgan fingerprint density at radius 1 is 0.903 bits per heavy atom. The van der Waals surface area contributed by atoms with Crippen LogP contribution in [0.2, 0.25) is 0 Å². The Bertz CT molecular complexity index is 859. The SMILES string of the molecule is CCOc1ccc(/C=N\Nc2nc(N3CCCC3)nc(N3CCCC3)n2)c(OCC)c1. The summed E-state index contributed by atoms with van der Waals surface area (Å²) in [6.45, 7) is 9.02. The summed E-state index contributed by atoms with van der Waals surface area (Å²) in [4.78, 5) is 18.4. The van der Waals surface area contributed by atoms with Gasteiger partial charge >= 0.3 is 0 Å². The molecule has 2 aliphatic rings. The Balaban J connectivity index is 1.53. The van der Waals surface area contributed by atoms with E-state index in [1.807, 2.05) is 32.0 Å². The van der Waals surface area contributed by atoms with E-state index in [0.717, 1.165) is 55.1 Å². The van der Waals surface area contributed by atoms with E-state index in [9.17, 15) is 0 Å². The second-order valence-corrected chi connectivity index (χ2v) is 7.58. The maximum atomic E-state index is 5.75. The third kappa shape index (κ3) is 5.34. The van der Waals surface area contributed by atoms with Gasteiger partial charge in [0.15, 0.2) is 0 Å². The summed E-state index contributed by atoms with van der Waals surface area (Å²) in [5.41, 5.74) is 3.85. The molecule has 2 aromatic rings. The van der Waals surface area contributed by atoms with E-state index in [4.69, 9.17) is 14.5 Å². The van der Waals surface area contributed by atoms with Crippen LogP contribution in [0.1, 0.15) is 45.1 Å². The predicted octanol–water partition coefficient (Wildman–Crippen LogP) is 3.32. The van der Waals surface area contributed by atoms with Gasteiger partial charge < -0.3 is 19.3 Å². The minimum atomic E-state index is 0.457. The highest BCUT2D eigenvalue weighted by Gasteiger charge is 2.21. The molecule has 0 aliphatic carbocycles. The Morgan fingerprint density at radius 2 is 1.52 bits per heavy atom. The molecule has 3 heterocycles. The van der Waals surface area contributed by atoms with Crippen LogP contribution >= 0.6 is 0 Å². The zero-order valence-corrected chi connectivity index (χ0v) is 18.4. The van der Waals surface area contributed by atoms with Crippen molar-refractivity contribution in [3.05, 3.63) is 23.8 Å². The van der Waals surface area contributed by atoms with Crippen LogP contribution in [0.5, 0.6) is 11.5 Å². The number of rotatable bonds is 9. The predicted molar refractivity (Wildman–Crippen MR) is 123 cm³/mol. The summed E-state index contributed by atoms with van der Waals surface area (Å²) in [7, 11) is 0. The topological polar surface area (TPSA) is 88.0 Å². The number of aromatic nitrogens is 3. The van der Waals surface area contributed by atoms with Crippen molar-refractivity contribution in [2.24, 2.45) is 5.10 Å². The fraction of sp³-hybridized carbons (Fsp3) is 0.545. The van der Waals surface area contributed by atoms with Crippen molar-refractivity contribution in [1.29, 1.82) is 0 Å². The van der Waals surface area contributed by atoms with Gasteiger partial charge in [-0.05, 0) is 51.7 Å². The lowest BCUT2D eigenvalue weighted by molar-refractivity contribution is 0.323. The fourth-order valence-electron chi connectivity index (χ4n) is 3.84. The third-order valence-electron chi connectivity index (χ3n) is 5.35. The zero-order chi connectivity index (χ0) is 21.5. The average Bonchev–Trinajstić information content (AvgIpc) is 3.50. The van der Waals surface area contributed by atoms with E-state index < -0.39 is 0 Å². The summed E-state index contributed by atoms with van der Waals surface area (Å²) in [6.07, 6.45) is 6.40. The Labute approximate surface area is 183 Å². The van der Waals surface area contributed by atoms with Crippen molar-refractivity contribution < 1.29 is 9.47 Å². The number of hydrogen-bond acceptors (Lipinski definition) is 9. The number of benzene rings is 1. The van der Waals surface area contributed by atoms with Gasteiger partial charge in [0.05, 0.1) is 19.4 Å². The molecule has 0 saturated carbocycles. The first-order valence-electron chi connectivity index (χ1n) is 11.2. The van der Waals surface area contributed by atoms with Crippen LogP contribution in [-0.2, 0) is 0 Å². The highest BCUT2D eigenvalue weighted by Crippen LogP contribution is 2.25. The molecule has 2 aliphatic heterocycles. The molecule has 2 fully saturated rings. The highest BCUT2D eigenvalue weighted by molar-refractivity contribution is 5.84. The van der Waals surface area contributed by atoms with Crippen LogP contribution in [0.25, 0.3) is 0 Å². The molecule has 1 aromatic carbocycles. The van der Waals surface area contributed by atoms with Crippen LogP contribution < -0.4 is 24.7 Å². The molecule has 4 rings (SSSR count). The Kier molecular flexibility index (Phi) is 7.01. The monoisotopic (exact) mass is 425 g/mol. The zero-order valence-electron chi connectivity index (χ0n) is 18.4. The van der Waals surface area contributed by atoms with Gasteiger partial charge in [0.25, 0.3) is 0 Å². The van der Waals surface area contributed by atoms with E-state index in [-0.39, 0.29) is 0 Å². The Hall–Kier alpha value is -3.10. The lowest BCUT2D eigenvalue weighted by Gasteiger charge is -2.20. The summed E-state index contributed by atoms with van der Waals surface area (Å²) < 4.78 is 11.3. The van der Waals surface area contributed by atoms with Crippen LogP contribution in [0.4, 0.5) is 17.8 Å². The molecular weight excluding hydrogens is 394 g/mol. The van der Waals surface area contributed by atoms with Gasteiger partial charge in [-0.3, -0.25) is 0 Å². The normalized spacial score (nSPS) is 16.3. The molecule has 9 nitrogen and oxygen atoms in total. The van der Waals surface area contributed by atoms with E-state index in [1.54, 1.807) is 6.21 Å². The van der Waals surface area contributed by atoms with Gasteiger partial charge in [0.1, 0.15) is 11.5 Å². The lowest BCUT2D eigenvalue weighted by Crippen LogP contribution is -2.25. The number of nitrogens with zero attached hydrogens (tertiary/aromatic N) is 6. The molecule has 0 spiro atoms. The van der Waals surface area contributed by atoms with Gasteiger partial charge in [-0.2, -0.15) is 20.1 Å². The third-order valence-corrected chi connectivity index (χ3v) is 5.35. The summed E-state index contributed by atoms with van der Waals surface area (Å²) in [5.74, 6) is 3.41. The van der Waals surface area contributed by atoms with Crippen molar-refractivity contribution in [1.82, 2.24) is 15.0 Å². The Morgan fingerprint density at radius 3 is 2.10 bits per heavy atom. The van der Waals surface area contributed by atoms with Crippen molar-refractivity contribution >= 4 is 24.1 Å². The number of nitrogens with one attached hydrogen (secondary N) is 1. The summed E-state index contributed by atoms with van der Waals surface area (Å²) >= 11 is 0. The van der Waals surface area contributed by atoms with Crippen LogP contribution in [-0.4, -0.2) is 60.6 Å². The van der Waals surface area contributed by atoms with Crippen molar-refractivity contribution in [2.45, 2.75) is 39.5 Å². The van der Waals surface area contributed by atoms with Gasteiger partial charge in [0, 0.05) is 37.8 Å². The molecule has 1 N–H and O–H groups in total. The van der Waals surface area contributed by atoms with Crippen molar-refractivity contribution in [3.63, 3.8) is 0 Å². The number of ether oxygens (including phenoxy) is 2. The largest absolute Gasteiger partial charge is 0.494 e. The standard InChI is InChI=1S/C22H31N7O2/c1-3-30-18-10-9-17(19(15-18)31-4-2)16-23-27-20-24-21(28-11-5-6-12-28)26-22(25-20)29-13-7-8-14-29/h9-10,15-16H,3-8,11-14H2,1-2H3,(H,24,25,26,27)/b23-16-. The number of hydrogen-bond donors (Lipinski definition) is 1. The maximum absolute atomic E-state index is 5.75. The molecule has 0 atom stereocenters. The second kappa shape index (κ2) is 10.3. The molecule has 9 heteroatoms. The van der Waals surface area contributed by atoms with Gasteiger partial charge in [-0.1, -0.05) is 0 Å². The molecular formula is C22H31N7O2. The quantitative estimate of drug-likeness (QED) is 0.484. The molecule has 31 heavy (non-hydrogen) atoms. The molecule has 0 bridgehead atoms. The summed E-state index contributed by atoms with van der Waals surface area (Å²) in [5, 5.41) is 4.38. The first-order valence-corrected chi connectivity index (χ1v) is 11.2. The van der Waals surface area contributed by atoms with Gasteiger partial charge in [0.2, 0.25) is 17.8 Å². The molecule has 166 valence electrons. The van der Waals surface area contributed by atoms with Crippen LogP contribution in [0.3, 0.4) is 0 Å². The smallest absolute Gasteiger partial charge is 0.250 e. The lowest BCUT2D eigenvalue weighted by atomic mass is 10.2.